The van der Waals surface area contributed by atoms with Crippen LogP contribution in [0, 0.1) is 5.82 Å². The number of halogens is 2. The van der Waals surface area contributed by atoms with E-state index in [9.17, 15) is 4.39 Å². The number of hydrogen-bond donors (Lipinski definition) is 1. The van der Waals surface area contributed by atoms with Crippen LogP contribution >= 0.6 is 15.9 Å². The first-order valence-electron chi connectivity index (χ1n) is 5.41. The molecule has 0 saturated carbocycles. The smallest absolute Gasteiger partial charge is 0.228 e. The van der Waals surface area contributed by atoms with Crippen LogP contribution in [-0.2, 0) is 6.42 Å². The summed E-state index contributed by atoms with van der Waals surface area (Å²) in [5.74, 6) is 0.442. The summed E-state index contributed by atoms with van der Waals surface area (Å²) in [6.45, 7) is 3.74. The Kier molecular flexibility index (Phi) is 3.49. The minimum Gasteiger partial charge on any atom is -0.339 e. The fourth-order valence-electron chi connectivity index (χ4n) is 1.52. The van der Waals surface area contributed by atoms with E-state index in [-0.39, 0.29) is 5.82 Å². The van der Waals surface area contributed by atoms with Gasteiger partial charge in [-0.1, -0.05) is 21.1 Å². The van der Waals surface area contributed by atoms with E-state index in [1.54, 1.807) is 6.07 Å². The lowest BCUT2D eigenvalue weighted by Crippen LogP contribution is -2.34. The van der Waals surface area contributed by atoms with Gasteiger partial charge in [0.2, 0.25) is 11.7 Å². The monoisotopic (exact) mass is 313 g/mol. The summed E-state index contributed by atoms with van der Waals surface area (Å²) in [6.07, 6.45) is 0.469. The fourth-order valence-corrected chi connectivity index (χ4v) is 1.98. The van der Waals surface area contributed by atoms with E-state index in [1.165, 1.54) is 12.1 Å². The van der Waals surface area contributed by atoms with Gasteiger partial charge in [-0.3, -0.25) is 0 Å². The Morgan fingerprint density at radius 2 is 2.11 bits per heavy atom. The standard InChI is InChI=1S/C12H13BrFN3O/c1-12(2,15)6-10-16-11(17-18-10)7-3-8(13)5-9(14)4-7/h3-5H,6,15H2,1-2H3. The van der Waals surface area contributed by atoms with Crippen molar-refractivity contribution >= 4 is 15.9 Å². The molecule has 96 valence electrons. The van der Waals surface area contributed by atoms with Gasteiger partial charge in [-0.2, -0.15) is 4.98 Å². The van der Waals surface area contributed by atoms with Gasteiger partial charge in [-0.25, -0.2) is 4.39 Å². The van der Waals surface area contributed by atoms with Crippen LogP contribution in [0.15, 0.2) is 27.2 Å². The van der Waals surface area contributed by atoms with Crippen LogP contribution in [0.25, 0.3) is 11.4 Å². The van der Waals surface area contributed by atoms with Crippen molar-refractivity contribution in [1.29, 1.82) is 0 Å². The minimum atomic E-state index is -0.424. The molecule has 1 aromatic carbocycles. The molecular formula is C12H13BrFN3O. The highest BCUT2D eigenvalue weighted by atomic mass is 79.9. The molecule has 0 radical (unpaired) electrons. The number of nitrogens with zero attached hydrogens (tertiary/aromatic N) is 2. The molecular weight excluding hydrogens is 301 g/mol. The van der Waals surface area contributed by atoms with E-state index in [0.717, 1.165) is 0 Å². The van der Waals surface area contributed by atoms with Crippen LogP contribution in [0.3, 0.4) is 0 Å². The van der Waals surface area contributed by atoms with Crippen LogP contribution in [0.2, 0.25) is 0 Å². The largest absolute Gasteiger partial charge is 0.339 e. The molecule has 4 nitrogen and oxygen atoms in total. The summed E-state index contributed by atoms with van der Waals surface area (Å²) in [7, 11) is 0. The molecule has 2 rings (SSSR count). The predicted molar refractivity (Wildman–Crippen MR) is 69.4 cm³/mol. The predicted octanol–water partition coefficient (Wildman–Crippen LogP) is 2.92. The van der Waals surface area contributed by atoms with Crippen LogP contribution in [-0.4, -0.2) is 15.7 Å². The first-order valence-corrected chi connectivity index (χ1v) is 6.21. The molecule has 18 heavy (non-hydrogen) atoms. The molecule has 0 atom stereocenters. The summed E-state index contributed by atoms with van der Waals surface area (Å²) >= 11 is 3.22. The molecule has 2 aromatic rings. The van der Waals surface area contributed by atoms with Gasteiger partial charge in [0.25, 0.3) is 0 Å². The maximum atomic E-state index is 13.3. The molecule has 6 heteroatoms. The van der Waals surface area contributed by atoms with Crippen molar-refractivity contribution in [3.8, 4) is 11.4 Å². The Balaban J connectivity index is 2.29. The first-order chi connectivity index (χ1) is 8.33. The summed E-state index contributed by atoms with van der Waals surface area (Å²) in [5, 5.41) is 3.82. The molecule has 0 unspecified atom stereocenters. The fraction of sp³-hybridized carbons (Fsp3) is 0.333. The number of hydrogen-bond acceptors (Lipinski definition) is 4. The molecule has 1 heterocycles. The zero-order valence-corrected chi connectivity index (χ0v) is 11.7. The van der Waals surface area contributed by atoms with E-state index in [1.807, 2.05) is 13.8 Å². The molecule has 0 spiro atoms. The van der Waals surface area contributed by atoms with Gasteiger partial charge >= 0.3 is 0 Å². The van der Waals surface area contributed by atoms with E-state index >= 15 is 0 Å². The van der Waals surface area contributed by atoms with E-state index in [2.05, 4.69) is 26.1 Å². The van der Waals surface area contributed by atoms with Crippen molar-refractivity contribution in [3.05, 3.63) is 34.4 Å². The quantitative estimate of drug-likeness (QED) is 0.946. The SMILES string of the molecule is CC(C)(N)Cc1nc(-c2cc(F)cc(Br)c2)no1. The van der Waals surface area contributed by atoms with Gasteiger partial charge in [0.05, 0.1) is 0 Å². The Morgan fingerprint density at radius 3 is 2.72 bits per heavy atom. The van der Waals surface area contributed by atoms with E-state index < -0.39 is 5.54 Å². The van der Waals surface area contributed by atoms with Gasteiger partial charge in [0, 0.05) is 22.0 Å². The Labute approximate surface area is 113 Å². The first kappa shape index (κ1) is 13.2. The van der Waals surface area contributed by atoms with E-state index in [0.29, 0.717) is 28.2 Å². The average molecular weight is 314 g/mol. The number of rotatable bonds is 3. The molecule has 0 aliphatic heterocycles. The Morgan fingerprint density at radius 1 is 1.39 bits per heavy atom. The van der Waals surface area contributed by atoms with Crippen molar-refractivity contribution in [2.24, 2.45) is 5.73 Å². The van der Waals surface area contributed by atoms with Gasteiger partial charge in [0.15, 0.2) is 0 Å². The molecule has 0 bridgehead atoms. The highest BCUT2D eigenvalue weighted by Gasteiger charge is 2.17. The third-order valence-electron chi connectivity index (χ3n) is 2.20. The number of nitrogens with two attached hydrogens (primary N) is 1. The van der Waals surface area contributed by atoms with Crippen molar-refractivity contribution < 1.29 is 8.91 Å². The lowest BCUT2D eigenvalue weighted by Gasteiger charge is -2.14. The highest BCUT2D eigenvalue weighted by Crippen LogP contribution is 2.23. The second-order valence-corrected chi connectivity index (χ2v) is 5.75. The summed E-state index contributed by atoms with van der Waals surface area (Å²) in [4.78, 5) is 4.20. The highest BCUT2D eigenvalue weighted by molar-refractivity contribution is 9.10. The zero-order chi connectivity index (χ0) is 13.3. The van der Waals surface area contributed by atoms with Gasteiger partial charge in [-0.15, -0.1) is 0 Å². The van der Waals surface area contributed by atoms with Crippen molar-refractivity contribution in [2.45, 2.75) is 25.8 Å². The average Bonchev–Trinajstić information content (AvgIpc) is 2.61. The summed E-state index contributed by atoms with van der Waals surface area (Å²) < 4.78 is 19.0. The molecule has 0 saturated heterocycles. The molecule has 2 N–H and O–H groups in total. The number of benzene rings is 1. The molecule has 0 aliphatic carbocycles. The maximum absolute atomic E-state index is 13.3. The maximum Gasteiger partial charge on any atom is 0.228 e. The third-order valence-corrected chi connectivity index (χ3v) is 2.65. The molecule has 0 amide bonds. The van der Waals surface area contributed by atoms with Crippen molar-refractivity contribution in [1.82, 2.24) is 10.1 Å². The number of aromatic nitrogens is 2. The second-order valence-electron chi connectivity index (χ2n) is 4.84. The topological polar surface area (TPSA) is 64.9 Å². The van der Waals surface area contributed by atoms with Gasteiger partial charge in [-0.05, 0) is 32.0 Å². The lowest BCUT2D eigenvalue weighted by molar-refractivity contribution is 0.348. The molecule has 0 fully saturated rings. The normalized spacial score (nSPS) is 11.8. The zero-order valence-electron chi connectivity index (χ0n) is 10.1. The molecule has 0 aliphatic rings. The second kappa shape index (κ2) is 4.78. The Hall–Kier alpha value is -1.27. The van der Waals surface area contributed by atoms with Crippen molar-refractivity contribution in [2.75, 3.05) is 0 Å². The lowest BCUT2D eigenvalue weighted by atomic mass is 10.0. The minimum absolute atomic E-state index is 0.356. The van der Waals surface area contributed by atoms with E-state index in [4.69, 9.17) is 10.3 Å². The summed E-state index contributed by atoms with van der Waals surface area (Å²) in [6, 6.07) is 4.45. The van der Waals surface area contributed by atoms with Gasteiger partial charge < -0.3 is 10.3 Å². The summed E-state index contributed by atoms with van der Waals surface area (Å²) in [5.41, 5.74) is 6.01. The van der Waals surface area contributed by atoms with Gasteiger partial charge in [0.1, 0.15) is 5.82 Å². The Bertz CT molecular complexity index is 542. The van der Waals surface area contributed by atoms with Crippen LogP contribution < -0.4 is 5.73 Å². The third kappa shape index (κ3) is 3.36. The van der Waals surface area contributed by atoms with Crippen LogP contribution in [0.1, 0.15) is 19.7 Å². The van der Waals surface area contributed by atoms with Crippen LogP contribution in [0.4, 0.5) is 4.39 Å². The van der Waals surface area contributed by atoms with Crippen LogP contribution in [0.5, 0.6) is 0 Å². The molecule has 1 aromatic heterocycles. The van der Waals surface area contributed by atoms with Crippen molar-refractivity contribution in [3.63, 3.8) is 0 Å².